The third-order valence-corrected chi connectivity index (χ3v) is 10.9. The van der Waals surface area contributed by atoms with Crippen molar-refractivity contribution < 1.29 is 9.84 Å². The highest BCUT2D eigenvalue weighted by molar-refractivity contribution is 5.25. The quantitative estimate of drug-likeness (QED) is 0.426. The minimum absolute atomic E-state index is 0.0900. The lowest BCUT2D eigenvalue weighted by molar-refractivity contribution is -0.0586. The SMILES string of the molecule is CCO[C@H](CC[C@@H](C)[C@H]1CC[C@H]2[C@@H]3CC=C4C[C@@H](O)CC[C@]4(C)[C@H]3CC[C@]12C)C(C)C. The smallest absolute Gasteiger partial charge is 0.0597 e. The van der Waals surface area contributed by atoms with E-state index < -0.39 is 0 Å². The van der Waals surface area contributed by atoms with Crippen LogP contribution in [-0.4, -0.2) is 23.9 Å². The van der Waals surface area contributed by atoms with Crippen LogP contribution in [0.25, 0.3) is 0 Å². The summed E-state index contributed by atoms with van der Waals surface area (Å²) in [6.07, 6.45) is 15.6. The van der Waals surface area contributed by atoms with Gasteiger partial charge in [-0.05, 0) is 117 Å². The lowest BCUT2D eigenvalue weighted by Gasteiger charge is -2.58. The van der Waals surface area contributed by atoms with E-state index in [1.165, 1.54) is 51.4 Å². The Hall–Kier alpha value is -0.340. The molecule has 0 radical (unpaired) electrons. The molecule has 2 heteroatoms. The summed E-state index contributed by atoms with van der Waals surface area (Å²) in [5.41, 5.74) is 2.51. The van der Waals surface area contributed by atoms with Gasteiger partial charge in [0.2, 0.25) is 0 Å². The van der Waals surface area contributed by atoms with Crippen molar-refractivity contribution in [2.75, 3.05) is 6.61 Å². The van der Waals surface area contributed by atoms with E-state index in [2.05, 4.69) is 47.6 Å². The zero-order valence-electron chi connectivity index (χ0n) is 21.3. The summed E-state index contributed by atoms with van der Waals surface area (Å²) in [5, 5.41) is 10.3. The highest BCUT2D eigenvalue weighted by atomic mass is 16.5. The van der Waals surface area contributed by atoms with Gasteiger partial charge in [0.1, 0.15) is 0 Å². The molecule has 3 saturated carbocycles. The topological polar surface area (TPSA) is 29.5 Å². The maximum Gasteiger partial charge on any atom is 0.0597 e. The Labute approximate surface area is 192 Å². The van der Waals surface area contributed by atoms with Crippen molar-refractivity contribution in [3.05, 3.63) is 11.6 Å². The molecule has 0 aromatic heterocycles. The Morgan fingerprint density at radius 3 is 2.52 bits per heavy atom. The van der Waals surface area contributed by atoms with Gasteiger partial charge in [-0.25, -0.2) is 0 Å². The number of aliphatic hydroxyl groups is 1. The summed E-state index contributed by atoms with van der Waals surface area (Å²) in [6.45, 7) is 15.4. The van der Waals surface area contributed by atoms with Crippen LogP contribution in [0, 0.1) is 46.3 Å². The Kier molecular flexibility index (Phi) is 7.01. The minimum Gasteiger partial charge on any atom is -0.393 e. The molecule has 4 rings (SSSR count). The average molecular weight is 431 g/mol. The van der Waals surface area contributed by atoms with E-state index in [0.717, 1.165) is 49.0 Å². The monoisotopic (exact) mass is 430 g/mol. The van der Waals surface area contributed by atoms with Crippen molar-refractivity contribution in [1.82, 2.24) is 0 Å². The van der Waals surface area contributed by atoms with Crippen molar-refractivity contribution in [3.63, 3.8) is 0 Å². The summed E-state index contributed by atoms with van der Waals surface area (Å²) in [6, 6.07) is 0. The van der Waals surface area contributed by atoms with Crippen LogP contribution in [0.3, 0.4) is 0 Å². The van der Waals surface area contributed by atoms with E-state index in [0.29, 0.717) is 22.9 Å². The molecule has 4 aliphatic carbocycles. The molecule has 178 valence electrons. The van der Waals surface area contributed by atoms with E-state index in [4.69, 9.17) is 4.74 Å². The van der Waals surface area contributed by atoms with E-state index in [1.54, 1.807) is 5.57 Å². The second-order valence-corrected chi connectivity index (χ2v) is 12.7. The fourth-order valence-electron chi connectivity index (χ4n) is 9.07. The number of fused-ring (bicyclic) bond motifs is 5. The zero-order valence-corrected chi connectivity index (χ0v) is 21.3. The number of hydrogen-bond acceptors (Lipinski definition) is 2. The summed E-state index contributed by atoms with van der Waals surface area (Å²) < 4.78 is 6.06. The Morgan fingerprint density at radius 2 is 1.81 bits per heavy atom. The van der Waals surface area contributed by atoms with Crippen molar-refractivity contribution in [3.8, 4) is 0 Å². The lowest BCUT2D eigenvalue weighted by Crippen LogP contribution is -2.50. The molecule has 0 bridgehead atoms. The molecule has 0 saturated heterocycles. The second kappa shape index (κ2) is 9.13. The molecule has 4 aliphatic rings. The van der Waals surface area contributed by atoms with Gasteiger partial charge in [0.15, 0.2) is 0 Å². The molecule has 0 heterocycles. The van der Waals surface area contributed by atoms with Crippen LogP contribution < -0.4 is 0 Å². The Balaban J connectivity index is 1.46. The van der Waals surface area contributed by atoms with Gasteiger partial charge in [-0.15, -0.1) is 0 Å². The number of ether oxygens (including phenoxy) is 1. The fourth-order valence-corrected chi connectivity index (χ4v) is 9.07. The molecule has 0 unspecified atom stereocenters. The van der Waals surface area contributed by atoms with Crippen LogP contribution >= 0.6 is 0 Å². The number of allylic oxidation sites excluding steroid dienone is 1. The Morgan fingerprint density at radius 1 is 1.03 bits per heavy atom. The van der Waals surface area contributed by atoms with E-state index in [1.807, 2.05) is 0 Å². The molecule has 9 atom stereocenters. The van der Waals surface area contributed by atoms with Crippen molar-refractivity contribution in [2.24, 2.45) is 46.3 Å². The van der Waals surface area contributed by atoms with E-state index >= 15 is 0 Å². The number of aliphatic hydroxyl groups excluding tert-OH is 1. The minimum atomic E-state index is -0.0900. The van der Waals surface area contributed by atoms with Gasteiger partial charge in [-0.1, -0.05) is 46.3 Å². The first-order chi connectivity index (χ1) is 14.7. The number of rotatable bonds is 7. The van der Waals surface area contributed by atoms with Crippen LogP contribution in [0.5, 0.6) is 0 Å². The van der Waals surface area contributed by atoms with Crippen molar-refractivity contribution in [1.29, 1.82) is 0 Å². The first-order valence-electron chi connectivity index (χ1n) is 13.7. The first-order valence-corrected chi connectivity index (χ1v) is 13.7. The molecule has 0 amide bonds. The van der Waals surface area contributed by atoms with Crippen molar-refractivity contribution >= 4 is 0 Å². The highest BCUT2D eigenvalue weighted by Crippen LogP contribution is 2.67. The lowest BCUT2D eigenvalue weighted by atomic mass is 9.47. The molecule has 1 N–H and O–H groups in total. The van der Waals surface area contributed by atoms with Gasteiger partial charge in [-0.2, -0.15) is 0 Å². The Bertz CT molecular complexity index is 653. The van der Waals surface area contributed by atoms with E-state index in [-0.39, 0.29) is 6.10 Å². The maximum atomic E-state index is 10.3. The van der Waals surface area contributed by atoms with Crippen molar-refractivity contribution in [2.45, 2.75) is 118 Å². The third-order valence-electron chi connectivity index (χ3n) is 10.9. The van der Waals surface area contributed by atoms with Gasteiger partial charge in [0.05, 0.1) is 12.2 Å². The van der Waals surface area contributed by atoms with Crippen LogP contribution in [0.2, 0.25) is 0 Å². The van der Waals surface area contributed by atoms with Gasteiger partial charge in [-0.3, -0.25) is 0 Å². The largest absolute Gasteiger partial charge is 0.393 e. The average Bonchev–Trinajstić information content (AvgIpc) is 3.08. The molecule has 0 aromatic carbocycles. The summed E-state index contributed by atoms with van der Waals surface area (Å²) >= 11 is 0. The molecule has 0 aliphatic heterocycles. The van der Waals surface area contributed by atoms with Gasteiger partial charge >= 0.3 is 0 Å². The van der Waals surface area contributed by atoms with Crippen LogP contribution in [-0.2, 0) is 4.74 Å². The fraction of sp³-hybridized carbons (Fsp3) is 0.931. The second-order valence-electron chi connectivity index (χ2n) is 12.7. The predicted molar refractivity (Wildman–Crippen MR) is 130 cm³/mol. The van der Waals surface area contributed by atoms with Crippen LogP contribution in [0.1, 0.15) is 106 Å². The molecule has 31 heavy (non-hydrogen) atoms. The number of hydrogen-bond donors (Lipinski definition) is 1. The highest BCUT2D eigenvalue weighted by Gasteiger charge is 2.59. The van der Waals surface area contributed by atoms with Gasteiger partial charge in [0.25, 0.3) is 0 Å². The van der Waals surface area contributed by atoms with Gasteiger partial charge < -0.3 is 9.84 Å². The van der Waals surface area contributed by atoms with Gasteiger partial charge in [0, 0.05) is 6.61 Å². The standard InChI is InChI=1S/C29H50O2/c1-7-31-27(19(2)3)13-8-20(4)24-11-12-25-23-10-9-21-18-22(30)14-16-28(21,5)26(23)15-17-29(24,25)6/h9,19-20,22-27,30H,7-8,10-18H2,1-6H3/t20-,22+,23+,24-,25+,26+,27-,28+,29-/m1/s1. The predicted octanol–water partition coefficient (Wildman–Crippen LogP) is 7.40. The normalized spacial score (nSPS) is 44.3. The molecular weight excluding hydrogens is 380 g/mol. The molecule has 0 spiro atoms. The maximum absolute atomic E-state index is 10.3. The molecule has 3 fully saturated rings. The summed E-state index contributed by atoms with van der Waals surface area (Å²) in [4.78, 5) is 0. The zero-order chi connectivity index (χ0) is 22.4. The summed E-state index contributed by atoms with van der Waals surface area (Å²) in [5.74, 6) is 4.96. The van der Waals surface area contributed by atoms with E-state index in [9.17, 15) is 5.11 Å². The third kappa shape index (κ3) is 4.18. The summed E-state index contributed by atoms with van der Waals surface area (Å²) in [7, 11) is 0. The molecule has 2 nitrogen and oxygen atoms in total. The first kappa shape index (κ1) is 23.8. The molecular formula is C29H50O2. The molecule has 0 aromatic rings. The van der Waals surface area contributed by atoms with Crippen LogP contribution in [0.4, 0.5) is 0 Å². The van der Waals surface area contributed by atoms with Crippen LogP contribution in [0.15, 0.2) is 11.6 Å².